The smallest absolute Gasteiger partial charge is 0.329 e. The zero-order valence-corrected chi connectivity index (χ0v) is 15.5. The number of ether oxygens (including phenoxy) is 1. The summed E-state index contributed by atoms with van der Waals surface area (Å²) in [7, 11) is 1.46. The predicted molar refractivity (Wildman–Crippen MR) is 92.0 cm³/mol. The van der Waals surface area contributed by atoms with E-state index >= 15 is 0 Å². The number of aromatic hydroxyl groups is 1. The Bertz CT molecular complexity index is 789. The second-order valence-electron chi connectivity index (χ2n) is 8.59. The summed E-state index contributed by atoms with van der Waals surface area (Å²) in [6, 6.07) is 5.04. The van der Waals surface area contributed by atoms with E-state index in [0.717, 1.165) is 15.4 Å². The highest BCUT2D eigenvalue weighted by Gasteiger charge is 2.87. The van der Waals surface area contributed by atoms with Crippen molar-refractivity contribution in [2.45, 2.75) is 31.1 Å². The minimum Gasteiger partial charge on any atom is -0.504 e. The number of benzene rings is 1. The Morgan fingerprint density at radius 3 is 1.96 bits per heavy atom. The van der Waals surface area contributed by atoms with Crippen LogP contribution in [0.15, 0.2) is 18.2 Å². The van der Waals surface area contributed by atoms with Crippen LogP contribution in [-0.2, 0) is 0 Å². The van der Waals surface area contributed by atoms with Gasteiger partial charge in [0.2, 0.25) is 6.17 Å². The van der Waals surface area contributed by atoms with E-state index in [9.17, 15) is 25.3 Å². The van der Waals surface area contributed by atoms with E-state index < -0.39 is 16.5 Å². The molecule has 146 valence electrons. The molecule has 4 aliphatic rings. The van der Waals surface area contributed by atoms with Gasteiger partial charge in [-0.2, -0.15) is 0 Å². The van der Waals surface area contributed by atoms with Gasteiger partial charge in [-0.05, 0) is 32.0 Å². The molecule has 4 bridgehead atoms. The summed E-state index contributed by atoms with van der Waals surface area (Å²) >= 11 is 0. The monoisotopic (exact) mass is 380 g/mol. The fourth-order valence-electron chi connectivity index (χ4n) is 5.83. The predicted octanol–water partition coefficient (Wildman–Crippen LogP) is -1.73. The van der Waals surface area contributed by atoms with Crippen LogP contribution in [0.25, 0.3) is 0 Å². The van der Waals surface area contributed by atoms with Crippen molar-refractivity contribution in [2.75, 3.05) is 33.3 Å². The Kier molecular flexibility index (Phi) is 3.51. The van der Waals surface area contributed by atoms with Gasteiger partial charge in [0.05, 0.1) is 12.7 Å². The number of nitrogens with one attached hydrogen (secondary N) is 2. The molecule has 1 aromatic carbocycles. The summed E-state index contributed by atoms with van der Waals surface area (Å²) in [5.41, 5.74) is -2.85. The molecule has 0 saturated carbocycles. The van der Waals surface area contributed by atoms with Gasteiger partial charge in [0.15, 0.2) is 37.7 Å². The lowest BCUT2D eigenvalue weighted by molar-refractivity contribution is -1.20. The summed E-state index contributed by atoms with van der Waals surface area (Å²) in [6.45, 7) is 4.38. The number of nitrogens with zero attached hydrogens (tertiary/aromatic N) is 2. The molecule has 0 radical (unpaired) electrons. The highest BCUT2D eigenvalue weighted by Crippen LogP contribution is 2.48. The first-order valence-electron chi connectivity index (χ1n) is 8.95. The van der Waals surface area contributed by atoms with Crippen LogP contribution in [-0.4, -0.2) is 59.3 Å². The van der Waals surface area contributed by atoms with Crippen molar-refractivity contribution in [3.8, 4) is 11.5 Å². The molecule has 0 spiro atoms. The zero-order valence-electron chi connectivity index (χ0n) is 15.5. The lowest BCUT2D eigenvalue weighted by atomic mass is 9.53. The van der Waals surface area contributed by atoms with Crippen molar-refractivity contribution in [2.24, 2.45) is 5.41 Å². The fourth-order valence-corrected chi connectivity index (χ4v) is 5.83. The van der Waals surface area contributed by atoms with E-state index in [1.165, 1.54) is 13.2 Å². The van der Waals surface area contributed by atoms with Gasteiger partial charge < -0.3 is 9.84 Å². The van der Waals surface area contributed by atoms with Crippen LogP contribution < -0.4 is 14.5 Å². The molecule has 27 heavy (non-hydrogen) atoms. The standard InChI is InChI=1S/C17H22N4O6/c1-15(2)16(20(23)24)7-18-9-17(15,21(25)26)10-19(8-16)14(18)11-4-5-12(22)13(6-11)27-3/h4-6,14,22H,7-10H2,1-3H3/p+2. The minimum atomic E-state index is -1.33. The van der Waals surface area contributed by atoms with Crippen molar-refractivity contribution < 1.29 is 29.5 Å². The molecule has 3 N–H and O–H groups in total. The SMILES string of the molecule is COc1cc(C2[NH+]3CC4([N+](=O)[O-])C[NH+]2CC([N+](=O)[O-])(C3)C4(C)C)ccc1O. The Morgan fingerprint density at radius 2 is 1.56 bits per heavy atom. The van der Waals surface area contributed by atoms with E-state index in [0.29, 0.717) is 5.75 Å². The molecule has 0 aliphatic carbocycles. The van der Waals surface area contributed by atoms with Crippen LogP contribution in [0.5, 0.6) is 11.5 Å². The molecule has 0 aromatic heterocycles. The normalized spacial score (nSPS) is 38.6. The van der Waals surface area contributed by atoms with Crippen molar-refractivity contribution in [1.82, 2.24) is 0 Å². The van der Waals surface area contributed by atoms with Gasteiger partial charge in [-0.1, -0.05) is 0 Å². The molecule has 4 heterocycles. The molecule has 10 heteroatoms. The third-order valence-corrected chi connectivity index (χ3v) is 7.46. The van der Waals surface area contributed by atoms with Gasteiger partial charge in [-0.25, -0.2) is 0 Å². The van der Waals surface area contributed by atoms with Crippen molar-refractivity contribution in [3.63, 3.8) is 0 Å². The number of hydrogen-bond acceptors (Lipinski definition) is 6. The van der Waals surface area contributed by atoms with Crippen molar-refractivity contribution >= 4 is 0 Å². The summed E-state index contributed by atoms with van der Waals surface area (Å²) < 4.78 is 5.19. The van der Waals surface area contributed by atoms with Gasteiger partial charge in [0, 0.05) is 9.85 Å². The number of piperidine rings is 2. The number of quaternary nitrogens is 2. The molecule has 1 aromatic rings. The maximum atomic E-state index is 12.1. The van der Waals surface area contributed by atoms with E-state index in [1.54, 1.807) is 26.0 Å². The van der Waals surface area contributed by atoms with E-state index in [2.05, 4.69) is 0 Å². The van der Waals surface area contributed by atoms with Gasteiger partial charge >= 0.3 is 11.1 Å². The minimum absolute atomic E-state index is 0.0183. The maximum absolute atomic E-state index is 12.1. The number of phenols is 1. The summed E-state index contributed by atoms with van der Waals surface area (Å²) in [6.07, 6.45) is -0.156. The molecule has 4 aliphatic heterocycles. The lowest BCUT2D eigenvalue weighted by Crippen LogP contribution is -3.43. The summed E-state index contributed by atoms with van der Waals surface area (Å²) in [5.74, 6) is 0.348. The fraction of sp³-hybridized carbons (Fsp3) is 0.647. The number of methoxy groups -OCH3 is 1. The molecule has 0 unspecified atom stereocenters. The zero-order chi connectivity index (χ0) is 19.8. The average molecular weight is 380 g/mol. The van der Waals surface area contributed by atoms with Gasteiger partial charge in [-0.15, -0.1) is 0 Å². The van der Waals surface area contributed by atoms with Crippen molar-refractivity contribution in [1.29, 1.82) is 0 Å². The average Bonchev–Trinajstić information content (AvgIpc) is 2.58. The summed E-state index contributed by atoms with van der Waals surface area (Å²) in [4.78, 5) is 25.4. The van der Waals surface area contributed by atoms with Crippen LogP contribution >= 0.6 is 0 Å². The van der Waals surface area contributed by atoms with E-state index in [-0.39, 0.29) is 47.9 Å². The van der Waals surface area contributed by atoms with Crippen LogP contribution in [0, 0.1) is 25.6 Å². The Balaban J connectivity index is 1.82. The molecule has 0 atom stereocenters. The molecule has 4 fully saturated rings. The van der Waals surface area contributed by atoms with Crippen LogP contribution in [0.4, 0.5) is 0 Å². The summed E-state index contributed by atoms with van der Waals surface area (Å²) in [5, 5.41) is 34.1. The van der Waals surface area contributed by atoms with Gasteiger partial charge in [0.1, 0.15) is 5.41 Å². The lowest BCUT2D eigenvalue weighted by Gasteiger charge is -2.60. The molecule has 0 amide bonds. The van der Waals surface area contributed by atoms with Crippen LogP contribution in [0.3, 0.4) is 0 Å². The highest BCUT2D eigenvalue weighted by molar-refractivity contribution is 5.42. The van der Waals surface area contributed by atoms with Crippen molar-refractivity contribution in [3.05, 3.63) is 44.0 Å². The van der Waals surface area contributed by atoms with Crippen LogP contribution in [0.2, 0.25) is 0 Å². The van der Waals surface area contributed by atoms with Crippen LogP contribution in [0.1, 0.15) is 25.6 Å². The van der Waals surface area contributed by atoms with Gasteiger partial charge in [-0.3, -0.25) is 30.0 Å². The maximum Gasteiger partial charge on any atom is 0.329 e. The topological polar surface area (TPSA) is 125 Å². The molecule has 10 nitrogen and oxygen atoms in total. The largest absolute Gasteiger partial charge is 0.504 e. The molecular weight excluding hydrogens is 356 g/mol. The Morgan fingerprint density at radius 1 is 1.07 bits per heavy atom. The second-order valence-corrected chi connectivity index (χ2v) is 8.59. The third kappa shape index (κ3) is 1.97. The molecular formula is C17H24N4O6+2. The van der Waals surface area contributed by atoms with E-state index in [1.807, 2.05) is 0 Å². The third-order valence-electron chi connectivity index (χ3n) is 7.46. The Labute approximate surface area is 155 Å². The number of rotatable bonds is 4. The Hall–Kier alpha value is -2.46. The first-order valence-corrected chi connectivity index (χ1v) is 8.95. The first-order chi connectivity index (χ1) is 12.6. The van der Waals surface area contributed by atoms with Gasteiger partial charge in [0.25, 0.3) is 0 Å². The first kappa shape index (κ1) is 17.9. The quantitative estimate of drug-likeness (QED) is 0.421. The number of hydrogen-bond donors (Lipinski definition) is 3. The molecule has 4 saturated heterocycles. The van der Waals surface area contributed by atoms with E-state index in [4.69, 9.17) is 4.74 Å². The number of nitro groups is 2. The highest BCUT2D eigenvalue weighted by atomic mass is 16.6. The number of phenolic OH excluding ortho intramolecular Hbond substituents is 1. The second kappa shape index (κ2) is 5.29. The molecule has 5 rings (SSSR count).